The van der Waals surface area contributed by atoms with Crippen LogP contribution in [0.3, 0.4) is 0 Å². The average molecular weight is 242 g/mol. The SMILES string of the molecule is O=S(=O)(O)O.[Cu].c1cnccn1. The first-order chi connectivity index (χ1) is 5.00. The minimum absolute atomic E-state index is 0. The van der Waals surface area contributed by atoms with Crippen LogP contribution in [0.2, 0.25) is 0 Å². The molecule has 73 valence electrons. The Morgan fingerprint density at radius 3 is 1.17 bits per heavy atom. The number of nitrogens with zero attached hydrogens (tertiary/aromatic N) is 2. The molecule has 1 aromatic rings. The van der Waals surface area contributed by atoms with Crippen molar-refractivity contribution in [2.45, 2.75) is 0 Å². The summed E-state index contributed by atoms with van der Waals surface area (Å²) in [4.78, 5) is 7.44. The Labute approximate surface area is 80.1 Å². The van der Waals surface area contributed by atoms with Gasteiger partial charge in [-0.1, -0.05) is 0 Å². The van der Waals surface area contributed by atoms with E-state index in [1.165, 1.54) is 0 Å². The maximum atomic E-state index is 8.74. The second-order valence-electron chi connectivity index (χ2n) is 1.34. The standard InChI is InChI=1S/C4H4N2.Cu.H2O4S/c1-2-6-4-3-5-1;;1-5(2,3)4/h1-4H;;(H2,1,2,3,4). The molecule has 0 saturated carbocycles. The third-order valence-corrected chi connectivity index (χ3v) is 0.478. The molecule has 0 spiro atoms. The van der Waals surface area contributed by atoms with E-state index in [4.69, 9.17) is 17.5 Å². The van der Waals surface area contributed by atoms with E-state index in [9.17, 15) is 0 Å². The molecule has 8 heteroatoms. The zero-order valence-electron chi connectivity index (χ0n) is 5.62. The average Bonchev–Trinajstić information content (AvgIpc) is 1.88. The summed E-state index contributed by atoms with van der Waals surface area (Å²) in [7, 11) is -4.67. The molecule has 12 heavy (non-hydrogen) atoms. The second kappa shape index (κ2) is 7.14. The van der Waals surface area contributed by atoms with Gasteiger partial charge in [-0.25, -0.2) is 0 Å². The molecule has 1 heterocycles. The quantitative estimate of drug-likeness (QED) is 0.483. The summed E-state index contributed by atoms with van der Waals surface area (Å²) in [5.41, 5.74) is 0. The minimum Gasteiger partial charge on any atom is -0.264 e. The molecule has 0 unspecified atom stereocenters. The topological polar surface area (TPSA) is 100 Å². The van der Waals surface area contributed by atoms with Crippen molar-refractivity contribution in [3.8, 4) is 0 Å². The van der Waals surface area contributed by atoms with E-state index in [2.05, 4.69) is 9.97 Å². The molecule has 0 aliphatic heterocycles. The van der Waals surface area contributed by atoms with E-state index in [-0.39, 0.29) is 17.1 Å². The molecule has 0 atom stereocenters. The number of rotatable bonds is 0. The summed E-state index contributed by atoms with van der Waals surface area (Å²) in [6, 6.07) is 0. The molecule has 1 aromatic heterocycles. The Morgan fingerprint density at radius 2 is 1.08 bits per heavy atom. The van der Waals surface area contributed by atoms with Gasteiger partial charge in [0.05, 0.1) is 0 Å². The Bertz CT molecular complexity index is 242. The molecule has 1 radical (unpaired) electrons. The summed E-state index contributed by atoms with van der Waals surface area (Å²) in [5.74, 6) is 0. The van der Waals surface area contributed by atoms with Crippen molar-refractivity contribution in [1.29, 1.82) is 0 Å². The van der Waals surface area contributed by atoms with Gasteiger partial charge < -0.3 is 0 Å². The van der Waals surface area contributed by atoms with Crippen molar-refractivity contribution in [1.82, 2.24) is 9.97 Å². The minimum atomic E-state index is -4.67. The van der Waals surface area contributed by atoms with Crippen LogP contribution in [0, 0.1) is 0 Å². The number of aromatic nitrogens is 2. The molecular formula is C4H6CuN2O4S. The van der Waals surface area contributed by atoms with E-state index in [1.54, 1.807) is 24.8 Å². The van der Waals surface area contributed by atoms with Crippen LogP contribution in [0.5, 0.6) is 0 Å². The van der Waals surface area contributed by atoms with Crippen molar-refractivity contribution in [3.05, 3.63) is 24.8 Å². The predicted molar refractivity (Wildman–Crippen MR) is 36.2 cm³/mol. The summed E-state index contributed by atoms with van der Waals surface area (Å²) >= 11 is 0. The number of hydrogen-bond acceptors (Lipinski definition) is 4. The first kappa shape index (κ1) is 14.0. The molecule has 0 saturated heterocycles. The molecule has 0 bridgehead atoms. The summed E-state index contributed by atoms with van der Waals surface area (Å²) in [6.07, 6.45) is 6.56. The first-order valence-corrected chi connectivity index (χ1v) is 3.79. The van der Waals surface area contributed by atoms with Crippen LogP contribution in [0.15, 0.2) is 24.8 Å². The monoisotopic (exact) mass is 241 g/mol. The van der Waals surface area contributed by atoms with Gasteiger partial charge in [-0.15, -0.1) is 0 Å². The maximum absolute atomic E-state index is 8.74. The van der Waals surface area contributed by atoms with Crippen LogP contribution in [-0.2, 0) is 27.5 Å². The van der Waals surface area contributed by atoms with Crippen LogP contribution < -0.4 is 0 Å². The van der Waals surface area contributed by atoms with Gasteiger partial charge in [0.1, 0.15) is 0 Å². The third kappa shape index (κ3) is 22.7. The summed E-state index contributed by atoms with van der Waals surface area (Å²) < 4.78 is 31.6. The van der Waals surface area contributed by atoms with Crippen LogP contribution in [-0.4, -0.2) is 27.5 Å². The Balaban J connectivity index is 0. The van der Waals surface area contributed by atoms with Crippen LogP contribution >= 0.6 is 0 Å². The summed E-state index contributed by atoms with van der Waals surface area (Å²) in [6.45, 7) is 0. The van der Waals surface area contributed by atoms with Crippen molar-refractivity contribution < 1.29 is 34.6 Å². The smallest absolute Gasteiger partial charge is 0.264 e. The normalized spacial score (nSPS) is 8.83. The molecular weight excluding hydrogens is 236 g/mol. The van der Waals surface area contributed by atoms with Crippen LogP contribution in [0.4, 0.5) is 0 Å². The van der Waals surface area contributed by atoms with Crippen molar-refractivity contribution >= 4 is 10.4 Å². The number of hydrogen-bond donors (Lipinski definition) is 2. The van der Waals surface area contributed by atoms with E-state index in [1.807, 2.05) is 0 Å². The van der Waals surface area contributed by atoms with E-state index in [0.29, 0.717) is 0 Å². The van der Waals surface area contributed by atoms with E-state index in [0.717, 1.165) is 0 Å². The zero-order chi connectivity index (χ0) is 8.74. The van der Waals surface area contributed by atoms with Gasteiger partial charge in [0.25, 0.3) is 0 Å². The third-order valence-electron chi connectivity index (χ3n) is 0.478. The largest absolute Gasteiger partial charge is 0.394 e. The van der Waals surface area contributed by atoms with Gasteiger partial charge in [0.2, 0.25) is 0 Å². The fourth-order valence-corrected chi connectivity index (χ4v) is 0.253. The van der Waals surface area contributed by atoms with Gasteiger partial charge in [0.15, 0.2) is 0 Å². The van der Waals surface area contributed by atoms with Gasteiger partial charge in [-0.2, -0.15) is 8.42 Å². The van der Waals surface area contributed by atoms with Crippen LogP contribution in [0.1, 0.15) is 0 Å². The van der Waals surface area contributed by atoms with Gasteiger partial charge in [-0.05, 0) is 0 Å². The van der Waals surface area contributed by atoms with Crippen LogP contribution in [0.25, 0.3) is 0 Å². The molecule has 0 fully saturated rings. The van der Waals surface area contributed by atoms with Gasteiger partial charge in [0, 0.05) is 41.9 Å². The molecule has 6 nitrogen and oxygen atoms in total. The molecule has 0 aromatic carbocycles. The Kier molecular flexibility index (Phi) is 8.34. The molecule has 1 rings (SSSR count). The fourth-order valence-electron chi connectivity index (χ4n) is 0.253. The van der Waals surface area contributed by atoms with Crippen molar-refractivity contribution in [2.75, 3.05) is 0 Å². The summed E-state index contributed by atoms with van der Waals surface area (Å²) in [5, 5.41) is 0. The van der Waals surface area contributed by atoms with Crippen molar-refractivity contribution in [3.63, 3.8) is 0 Å². The Morgan fingerprint density at radius 1 is 0.917 bits per heavy atom. The van der Waals surface area contributed by atoms with Gasteiger partial charge >= 0.3 is 10.4 Å². The second-order valence-corrected chi connectivity index (χ2v) is 2.24. The predicted octanol–water partition coefficient (Wildman–Crippen LogP) is -0.179. The van der Waals surface area contributed by atoms with E-state index >= 15 is 0 Å². The van der Waals surface area contributed by atoms with Gasteiger partial charge in [-0.3, -0.25) is 19.1 Å². The Hall–Kier alpha value is -0.531. The van der Waals surface area contributed by atoms with Crippen molar-refractivity contribution in [2.24, 2.45) is 0 Å². The van der Waals surface area contributed by atoms with E-state index < -0.39 is 10.4 Å². The zero-order valence-corrected chi connectivity index (χ0v) is 7.38. The first-order valence-electron chi connectivity index (χ1n) is 2.40. The fraction of sp³-hybridized carbons (Fsp3) is 0. The molecule has 0 aliphatic carbocycles. The maximum Gasteiger partial charge on any atom is 0.394 e. The molecule has 0 aliphatic rings. The molecule has 0 amide bonds. The molecule has 2 N–H and O–H groups in total.